The summed E-state index contributed by atoms with van der Waals surface area (Å²) in [7, 11) is 0. The van der Waals surface area contributed by atoms with E-state index in [1.165, 1.54) is 6.08 Å². The van der Waals surface area contributed by atoms with Gasteiger partial charge in [-0.2, -0.15) is 0 Å². The lowest BCUT2D eigenvalue weighted by molar-refractivity contribution is -0.115. The zero-order valence-corrected chi connectivity index (χ0v) is 14.7. The Morgan fingerprint density at radius 2 is 1.74 bits per heavy atom. The van der Waals surface area contributed by atoms with E-state index in [0.29, 0.717) is 20.8 Å². The fraction of sp³-hybridized carbons (Fsp3) is 0. The highest BCUT2D eigenvalue weighted by Gasteiger charge is 2.04. The Morgan fingerprint density at radius 3 is 2.43 bits per heavy atom. The van der Waals surface area contributed by atoms with Gasteiger partial charge in [-0.05, 0) is 48.1 Å². The molecule has 0 heterocycles. The first-order valence-electron chi connectivity index (χ1n) is 6.45. The van der Waals surface area contributed by atoms with Gasteiger partial charge in [0.05, 0.1) is 10.0 Å². The molecule has 2 aromatic carbocycles. The van der Waals surface area contributed by atoms with Crippen molar-refractivity contribution in [2.75, 3.05) is 5.32 Å². The lowest BCUT2D eigenvalue weighted by atomic mass is 10.2. The average Bonchev–Trinajstić information content (AvgIpc) is 2.50. The number of amides is 1. The van der Waals surface area contributed by atoms with Gasteiger partial charge < -0.3 is 5.32 Å². The number of hydrogen-bond donors (Lipinski definition) is 2. The van der Waals surface area contributed by atoms with E-state index in [-0.39, 0.29) is 11.0 Å². The summed E-state index contributed by atoms with van der Waals surface area (Å²) in [6.07, 6.45) is 2.96. The van der Waals surface area contributed by atoms with Crippen LogP contribution in [-0.2, 0) is 4.79 Å². The van der Waals surface area contributed by atoms with Crippen LogP contribution < -0.4 is 10.6 Å². The molecule has 118 valence electrons. The third-order valence-corrected chi connectivity index (χ3v) is 4.02. The first-order valence-corrected chi connectivity index (χ1v) is 7.99. The third-order valence-electron chi connectivity index (χ3n) is 2.73. The summed E-state index contributed by atoms with van der Waals surface area (Å²) in [4.78, 5) is 11.8. The Labute approximate surface area is 154 Å². The summed E-state index contributed by atoms with van der Waals surface area (Å²) in [6, 6.07) is 12.1. The molecule has 0 spiro atoms. The van der Waals surface area contributed by atoms with Crippen LogP contribution >= 0.6 is 47.0 Å². The van der Waals surface area contributed by atoms with Crippen LogP contribution in [0.4, 0.5) is 5.69 Å². The van der Waals surface area contributed by atoms with E-state index < -0.39 is 0 Å². The number of carbonyl (C=O) groups excluding carboxylic acids is 1. The molecule has 0 fully saturated rings. The summed E-state index contributed by atoms with van der Waals surface area (Å²) in [6.45, 7) is 0. The van der Waals surface area contributed by atoms with Crippen molar-refractivity contribution >= 4 is 69.8 Å². The van der Waals surface area contributed by atoms with Crippen molar-refractivity contribution in [1.82, 2.24) is 5.32 Å². The van der Waals surface area contributed by atoms with Gasteiger partial charge >= 0.3 is 0 Å². The predicted octanol–water partition coefficient (Wildman–Crippen LogP) is 5.17. The zero-order chi connectivity index (χ0) is 16.8. The molecule has 23 heavy (non-hydrogen) atoms. The number of carbonyl (C=O) groups is 1. The summed E-state index contributed by atoms with van der Waals surface area (Å²) < 4.78 is 0. The minimum absolute atomic E-state index is 0.150. The fourth-order valence-corrected chi connectivity index (χ4v) is 2.38. The fourth-order valence-electron chi connectivity index (χ4n) is 1.67. The maximum atomic E-state index is 11.8. The monoisotopic (exact) mass is 384 g/mol. The normalized spacial score (nSPS) is 10.6. The minimum Gasteiger partial charge on any atom is -0.332 e. The van der Waals surface area contributed by atoms with Crippen molar-refractivity contribution in [3.8, 4) is 0 Å². The Balaban J connectivity index is 1.93. The molecule has 2 rings (SSSR count). The molecule has 0 atom stereocenters. The van der Waals surface area contributed by atoms with Gasteiger partial charge in [0.2, 0.25) is 5.91 Å². The van der Waals surface area contributed by atoms with Gasteiger partial charge in [0.25, 0.3) is 0 Å². The molecule has 0 radical (unpaired) electrons. The van der Waals surface area contributed by atoms with Crippen LogP contribution in [0.2, 0.25) is 15.1 Å². The Kier molecular flexibility index (Phi) is 6.42. The third kappa shape index (κ3) is 5.52. The van der Waals surface area contributed by atoms with Gasteiger partial charge in [-0.3, -0.25) is 10.1 Å². The second-order valence-electron chi connectivity index (χ2n) is 4.43. The highest BCUT2D eigenvalue weighted by atomic mass is 35.5. The minimum atomic E-state index is -0.373. The van der Waals surface area contributed by atoms with Crippen molar-refractivity contribution in [1.29, 1.82) is 0 Å². The van der Waals surface area contributed by atoms with Crippen LogP contribution in [0.25, 0.3) is 6.08 Å². The molecule has 0 aliphatic heterocycles. The van der Waals surface area contributed by atoms with E-state index in [2.05, 4.69) is 10.6 Å². The Bertz CT molecular complexity index is 778. The standard InChI is InChI=1S/C16H11Cl3N2OS/c17-12-4-2-1-3-10(12)5-8-15(22)21-16(23)20-11-6-7-13(18)14(19)9-11/h1-9H,(H2,20,21,22,23)/b8-5+. The molecule has 3 nitrogen and oxygen atoms in total. The van der Waals surface area contributed by atoms with Crippen LogP contribution in [0.15, 0.2) is 48.5 Å². The molecule has 0 bridgehead atoms. The van der Waals surface area contributed by atoms with Crippen molar-refractivity contribution in [2.45, 2.75) is 0 Å². The van der Waals surface area contributed by atoms with E-state index in [0.717, 1.165) is 5.56 Å². The number of benzene rings is 2. The summed E-state index contributed by atoms with van der Waals surface area (Å²) >= 11 is 22.8. The lowest BCUT2D eigenvalue weighted by Crippen LogP contribution is -2.32. The second kappa shape index (κ2) is 8.31. The number of rotatable bonds is 3. The predicted molar refractivity (Wildman–Crippen MR) is 101 cm³/mol. The van der Waals surface area contributed by atoms with Gasteiger partial charge in [0.1, 0.15) is 0 Å². The smallest absolute Gasteiger partial charge is 0.250 e. The van der Waals surface area contributed by atoms with Crippen LogP contribution in [0.1, 0.15) is 5.56 Å². The van der Waals surface area contributed by atoms with Crippen LogP contribution in [-0.4, -0.2) is 11.0 Å². The first-order chi connectivity index (χ1) is 11.0. The molecule has 0 saturated heterocycles. The van der Waals surface area contributed by atoms with Crippen molar-refractivity contribution in [3.63, 3.8) is 0 Å². The quantitative estimate of drug-likeness (QED) is 0.565. The topological polar surface area (TPSA) is 41.1 Å². The number of nitrogens with one attached hydrogen (secondary N) is 2. The van der Waals surface area contributed by atoms with Crippen LogP contribution in [0.5, 0.6) is 0 Å². The molecule has 0 saturated carbocycles. The summed E-state index contributed by atoms with van der Waals surface area (Å²) in [5.74, 6) is -0.373. The van der Waals surface area contributed by atoms with Crippen molar-refractivity contribution in [3.05, 3.63) is 69.2 Å². The molecular weight excluding hydrogens is 375 g/mol. The van der Waals surface area contributed by atoms with E-state index in [1.807, 2.05) is 12.1 Å². The zero-order valence-electron chi connectivity index (χ0n) is 11.6. The lowest BCUT2D eigenvalue weighted by Gasteiger charge is -2.08. The van der Waals surface area contributed by atoms with Crippen molar-refractivity contribution in [2.24, 2.45) is 0 Å². The molecular formula is C16H11Cl3N2OS. The molecule has 0 aliphatic carbocycles. The number of hydrogen-bond acceptors (Lipinski definition) is 2. The molecule has 0 aromatic heterocycles. The van der Waals surface area contributed by atoms with Gasteiger partial charge in [0, 0.05) is 16.8 Å². The van der Waals surface area contributed by atoms with Gasteiger partial charge in [0.15, 0.2) is 5.11 Å². The average molecular weight is 386 g/mol. The SMILES string of the molecule is O=C(/C=C/c1ccccc1Cl)NC(=S)Nc1ccc(Cl)c(Cl)c1. The van der Waals surface area contributed by atoms with E-state index in [9.17, 15) is 4.79 Å². The number of halogens is 3. The largest absolute Gasteiger partial charge is 0.332 e. The summed E-state index contributed by atoms with van der Waals surface area (Å²) in [5, 5.41) is 6.92. The first kappa shape index (κ1) is 17.8. The van der Waals surface area contributed by atoms with Gasteiger partial charge in [-0.1, -0.05) is 53.0 Å². The second-order valence-corrected chi connectivity index (χ2v) is 6.06. The molecule has 2 aromatic rings. The molecule has 7 heteroatoms. The molecule has 2 N–H and O–H groups in total. The highest BCUT2D eigenvalue weighted by Crippen LogP contribution is 2.24. The number of anilines is 1. The van der Waals surface area contributed by atoms with Crippen molar-refractivity contribution < 1.29 is 4.79 Å². The molecule has 1 amide bonds. The van der Waals surface area contributed by atoms with Gasteiger partial charge in [-0.15, -0.1) is 0 Å². The Hall–Kier alpha value is -1.59. The van der Waals surface area contributed by atoms with Crippen LogP contribution in [0, 0.1) is 0 Å². The molecule has 0 unspecified atom stereocenters. The van der Waals surface area contributed by atoms with Gasteiger partial charge in [-0.25, -0.2) is 0 Å². The number of thiocarbonyl (C=S) groups is 1. The van der Waals surface area contributed by atoms with E-state index in [4.69, 9.17) is 47.0 Å². The molecule has 0 aliphatic rings. The summed E-state index contributed by atoms with van der Waals surface area (Å²) in [5.41, 5.74) is 1.37. The van der Waals surface area contributed by atoms with E-state index >= 15 is 0 Å². The maximum absolute atomic E-state index is 11.8. The maximum Gasteiger partial charge on any atom is 0.250 e. The van der Waals surface area contributed by atoms with Crippen LogP contribution in [0.3, 0.4) is 0 Å². The highest BCUT2D eigenvalue weighted by molar-refractivity contribution is 7.80. The van der Waals surface area contributed by atoms with E-state index in [1.54, 1.807) is 36.4 Å². The Morgan fingerprint density at radius 1 is 1.00 bits per heavy atom.